The molecule has 2 rings (SSSR count). The molecular weight excluding hydrogens is 234 g/mol. The Morgan fingerprint density at radius 1 is 1.61 bits per heavy atom. The van der Waals surface area contributed by atoms with E-state index in [2.05, 4.69) is 5.32 Å². The molecule has 2 N–H and O–H groups in total. The molecular formula is C13H19NO4. The van der Waals surface area contributed by atoms with Crippen LogP contribution < -0.4 is 5.32 Å². The van der Waals surface area contributed by atoms with Gasteiger partial charge in [-0.3, -0.25) is 0 Å². The van der Waals surface area contributed by atoms with E-state index < -0.39 is 5.97 Å². The number of methoxy groups -OCH3 is 1. The first-order valence-electron chi connectivity index (χ1n) is 6.18. The molecule has 0 saturated heterocycles. The number of carboxylic acid groups (broad SMARTS) is 1. The van der Waals surface area contributed by atoms with Gasteiger partial charge in [-0.05, 0) is 38.3 Å². The summed E-state index contributed by atoms with van der Waals surface area (Å²) in [7, 11) is 1.74. The van der Waals surface area contributed by atoms with E-state index >= 15 is 0 Å². The van der Waals surface area contributed by atoms with E-state index in [1.807, 2.05) is 6.92 Å². The zero-order valence-electron chi connectivity index (χ0n) is 10.7. The first kappa shape index (κ1) is 13.1. The first-order valence-corrected chi connectivity index (χ1v) is 6.18. The van der Waals surface area contributed by atoms with Crippen molar-refractivity contribution in [3.05, 3.63) is 23.7 Å². The van der Waals surface area contributed by atoms with Crippen LogP contribution in [0.5, 0.6) is 0 Å². The lowest BCUT2D eigenvalue weighted by atomic mass is 9.80. The van der Waals surface area contributed by atoms with Crippen LogP contribution >= 0.6 is 0 Å². The molecule has 18 heavy (non-hydrogen) atoms. The van der Waals surface area contributed by atoms with Crippen molar-refractivity contribution in [1.82, 2.24) is 5.32 Å². The van der Waals surface area contributed by atoms with Crippen LogP contribution in [0.15, 0.2) is 16.5 Å². The molecule has 1 aromatic heterocycles. The van der Waals surface area contributed by atoms with Gasteiger partial charge in [-0.15, -0.1) is 0 Å². The Morgan fingerprint density at radius 3 is 2.78 bits per heavy atom. The van der Waals surface area contributed by atoms with Crippen molar-refractivity contribution in [3.8, 4) is 0 Å². The zero-order chi connectivity index (χ0) is 13.2. The van der Waals surface area contributed by atoms with Crippen LogP contribution in [0.3, 0.4) is 0 Å². The Kier molecular flexibility index (Phi) is 3.73. The summed E-state index contributed by atoms with van der Waals surface area (Å²) in [5.41, 5.74) is -0.0452. The number of hydrogen-bond acceptors (Lipinski definition) is 4. The summed E-state index contributed by atoms with van der Waals surface area (Å²) in [6.45, 7) is 2.71. The smallest absolute Gasteiger partial charge is 0.371 e. The maximum absolute atomic E-state index is 10.7. The van der Waals surface area contributed by atoms with Gasteiger partial charge in [-0.1, -0.05) is 0 Å². The number of rotatable bonds is 6. The zero-order valence-corrected chi connectivity index (χ0v) is 10.7. The summed E-state index contributed by atoms with van der Waals surface area (Å²) in [6, 6.07) is 3.15. The molecule has 0 aliphatic heterocycles. The summed E-state index contributed by atoms with van der Waals surface area (Å²) in [6.07, 6.45) is 3.34. The third kappa shape index (κ3) is 2.57. The highest BCUT2D eigenvalue weighted by Gasteiger charge is 2.37. The molecule has 1 fully saturated rings. The second-order valence-electron chi connectivity index (χ2n) is 4.85. The number of carboxylic acids is 1. The lowest BCUT2D eigenvalue weighted by molar-refractivity contribution is -0.0709. The van der Waals surface area contributed by atoms with E-state index in [0.717, 1.165) is 19.4 Å². The van der Waals surface area contributed by atoms with Gasteiger partial charge < -0.3 is 19.6 Å². The van der Waals surface area contributed by atoms with Crippen LogP contribution in [0, 0.1) is 0 Å². The van der Waals surface area contributed by atoms with Gasteiger partial charge in [0.1, 0.15) is 5.76 Å². The summed E-state index contributed by atoms with van der Waals surface area (Å²) in [5, 5.41) is 12.1. The molecule has 1 saturated carbocycles. The molecule has 0 amide bonds. The maximum Gasteiger partial charge on any atom is 0.371 e. The van der Waals surface area contributed by atoms with Gasteiger partial charge >= 0.3 is 5.97 Å². The Labute approximate surface area is 106 Å². The van der Waals surface area contributed by atoms with Crippen molar-refractivity contribution in [2.75, 3.05) is 13.7 Å². The van der Waals surface area contributed by atoms with Crippen molar-refractivity contribution in [3.63, 3.8) is 0 Å². The van der Waals surface area contributed by atoms with Gasteiger partial charge in [0, 0.05) is 13.7 Å². The third-order valence-corrected chi connectivity index (χ3v) is 3.69. The molecule has 1 aromatic rings. The van der Waals surface area contributed by atoms with Crippen LogP contribution in [0.25, 0.3) is 0 Å². The predicted octanol–water partition coefficient (Wildman–Crippen LogP) is 2.20. The summed E-state index contributed by atoms with van der Waals surface area (Å²) in [4.78, 5) is 10.7. The van der Waals surface area contributed by atoms with E-state index in [0.29, 0.717) is 5.76 Å². The topological polar surface area (TPSA) is 71.7 Å². The molecule has 0 spiro atoms. The van der Waals surface area contributed by atoms with Crippen molar-refractivity contribution < 1.29 is 19.1 Å². The Hall–Kier alpha value is -1.33. The van der Waals surface area contributed by atoms with Gasteiger partial charge in [0.25, 0.3) is 0 Å². The van der Waals surface area contributed by atoms with Crippen LogP contribution in [0.1, 0.15) is 48.5 Å². The van der Waals surface area contributed by atoms with Crippen molar-refractivity contribution in [2.24, 2.45) is 0 Å². The maximum atomic E-state index is 10.7. The first-order chi connectivity index (χ1) is 8.56. The molecule has 1 atom stereocenters. The molecule has 1 unspecified atom stereocenters. The normalized spacial score (nSPS) is 19.2. The number of furan rings is 1. The van der Waals surface area contributed by atoms with E-state index in [4.69, 9.17) is 14.3 Å². The fourth-order valence-corrected chi connectivity index (χ4v) is 2.16. The minimum absolute atomic E-state index is 0.0225. The number of hydrogen-bond donors (Lipinski definition) is 2. The summed E-state index contributed by atoms with van der Waals surface area (Å²) >= 11 is 0. The average Bonchev–Trinajstić information content (AvgIpc) is 2.77. The molecule has 1 heterocycles. The van der Waals surface area contributed by atoms with Gasteiger partial charge in [0.15, 0.2) is 0 Å². The fraction of sp³-hybridized carbons (Fsp3) is 0.615. The lowest BCUT2D eigenvalue weighted by Gasteiger charge is -2.41. The summed E-state index contributed by atoms with van der Waals surface area (Å²) < 4.78 is 10.8. The van der Waals surface area contributed by atoms with E-state index in [1.54, 1.807) is 13.2 Å². The molecule has 1 aliphatic carbocycles. The monoisotopic (exact) mass is 253 g/mol. The van der Waals surface area contributed by atoms with Gasteiger partial charge in [-0.25, -0.2) is 4.79 Å². The fourth-order valence-electron chi connectivity index (χ4n) is 2.16. The molecule has 0 aromatic carbocycles. The predicted molar refractivity (Wildman–Crippen MR) is 65.7 cm³/mol. The highest BCUT2D eigenvalue weighted by Crippen LogP contribution is 2.34. The summed E-state index contributed by atoms with van der Waals surface area (Å²) in [5.74, 6) is -0.428. The minimum Gasteiger partial charge on any atom is -0.475 e. The molecule has 100 valence electrons. The molecule has 5 heteroatoms. The molecule has 0 bridgehead atoms. The van der Waals surface area contributed by atoms with Crippen LogP contribution in [0.4, 0.5) is 0 Å². The molecule has 0 radical (unpaired) electrons. The largest absolute Gasteiger partial charge is 0.475 e. The van der Waals surface area contributed by atoms with E-state index in [9.17, 15) is 4.79 Å². The Bertz CT molecular complexity index is 417. The lowest BCUT2D eigenvalue weighted by Crippen LogP contribution is -2.48. The number of carbonyl (C=O) groups is 1. The average molecular weight is 253 g/mol. The number of ether oxygens (including phenoxy) is 1. The second kappa shape index (κ2) is 5.12. The highest BCUT2D eigenvalue weighted by atomic mass is 16.5. The number of nitrogens with one attached hydrogen (secondary N) is 1. The Morgan fingerprint density at radius 2 is 2.33 bits per heavy atom. The molecule has 5 nitrogen and oxygen atoms in total. The third-order valence-electron chi connectivity index (χ3n) is 3.69. The van der Waals surface area contributed by atoms with Crippen molar-refractivity contribution in [1.29, 1.82) is 0 Å². The second-order valence-corrected chi connectivity index (χ2v) is 4.85. The van der Waals surface area contributed by atoms with Gasteiger partial charge in [0.2, 0.25) is 5.76 Å². The van der Waals surface area contributed by atoms with Crippen molar-refractivity contribution >= 4 is 5.97 Å². The number of aromatic carboxylic acids is 1. The standard InChI is InChI=1S/C13H19NO4/c1-9(10-4-5-11(18-10)12(15)16)14-8-13(17-2)6-3-7-13/h4-5,9,14H,3,6-8H2,1-2H3,(H,15,16). The van der Waals surface area contributed by atoms with E-state index in [1.165, 1.54) is 12.5 Å². The van der Waals surface area contributed by atoms with Crippen LogP contribution in [-0.4, -0.2) is 30.3 Å². The van der Waals surface area contributed by atoms with Gasteiger partial charge in [-0.2, -0.15) is 0 Å². The SMILES string of the molecule is COC1(CNC(C)c2ccc(C(=O)O)o2)CCC1. The van der Waals surface area contributed by atoms with Crippen LogP contribution in [-0.2, 0) is 4.74 Å². The molecule has 1 aliphatic rings. The van der Waals surface area contributed by atoms with E-state index in [-0.39, 0.29) is 17.4 Å². The van der Waals surface area contributed by atoms with Crippen molar-refractivity contribution in [2.45, 2.75) is 37.8 Å². The van der Waals surface area contributed by atoms with Gasteiger partial charge in [0.05, 0.1) is 11.6 Å². The Balaban J connectivity index is 1.90. The van der Waals surface area contributed by atoms with Crippen LogP contribution in [0.2, 0.25) is 0 Å². The minimum atomic E-state index is -1.04. The highest BCUT2D eigenvalue weighted by molar-refractivity contribution is 5.84. The quantitative estimate of drug-likeness (QED) is 0.813.